The number of amides is 1. The van der Waals surface area contributed by atoms with E-state index in [1.807, 2.05) is 31.2 Å². The van der Waals surface area contributed by atoms with E-state index in [0.717, 1.165) is 17.1 Å². The Labute approximate surface area is 202 Å². The standard InChI is InChI=1S/C25H27N5O5/c1-4-33-20-9-11-21(12-10-20)35-17(2)25(31)26-15-16-34-23-14-13-22-27-28-24(30(22)29-23)18-5-7-19(32-3)8-6-18/h5-14,17H,4,15-16H2,1-3H3,(H,26,31). The maximum Gasteiger partial charge on any atom is 0.260 e. The monoisotopic (exact) mass is 477 g/mol. The van der Waals surface area contributed by atoms with Gasteiger partial charge >= 0.3 is 0 Å². The van der Waals surface area contributed by atoms with Crippen LogP contribution in [0.2, 0.25) is 0 Å². The summed E-state index contributed by atoms with van der Waals surface area (Å²) in [4.78, 5) is 12.4. The molecule has 0 saturated carbocycles. The van der Waals surface area contributed by atoms with Crippen molar-refractivity contribution in [3.05, 3.63) is 60.7 Å². The smallest absolute Gasteiger partial charge is 0.260 e. The largest absolute Gasteiger partial charge is 0.497 e. The van der Waals surface area contributed by atoms with Crippen molar-refractivity contribution in [1.82, 2.24) is 25.1 Å². The molecule has 0 fully saturated rings. The van der Waals surface area contributed by atoms with E-state index in [1.165, 1.54) is 0 Å². The molecule has 0 saturated heterocycles. The fraction of sp³-hybridized carbons (Fsp3) is 0.280. The number of methoxy groups -OCH3 is 1. The number of carbonyl (C=O) groups is 1. The number of aromatic nitrogens is 4. The average Bonchev–Trinajstić information content (AvgIpc) is 3.31. The van der Waals surface area contributed by atoms with Crippen molar-refractivity contribution in [2.75, 3.05) is 26.9 Å². The predicted molar refractivity (Wildman–Crippen MR) is 129 cm³/mol. The molecule has 0 bridgehead atoms. The highest BCUT2D eigenvalue weighted by Crippen LogP contribution is 2.22. The van der Waals surface area contributed by atoms with Gasteiger partial charge in [0.15, 0.2) is 17.6 Å². The maximum atomic E-state index is 12.4. The Balaban J connectivity index is 1.28. The Morgan fingerprint density at radius 2 is 1.66 bits per heavy atom. The summed E-state index contributed by atoms with van der Waals surface area (Å²) in [5, 5.41) is 15.7. The van der Waals surface area contributed by atoms with Gasteiger partial charge in [0.05, 0.1) is 20.3 Å². The van der Waals surface area contributed by atoms with Crippen LogP contribution in [0.3, 0.4) is 0 Å². The summed E-state index contributed by atoms with van der Waals surface area (Å²) >= 11 is 0. The minimum atomic E-state index is -0.661. The second-order valence-corrected chi connectivity index (χ2v) is 7.50. The van der Waals surface area contributed by atoms with E-state index in [0.29, 0.717) is 36.3 Å². The van der Waals surface area contributed by atoms with Crippen molar-refractivity contribution >= 4 is 11.6 Å². The second-order valence-electron chi connectivity index (χ2n) is 7.50. The number of nitrogens with one attached hydrogen (secondary N) is 1. The molecule has 0 spiro atoms. The quantitative estimate of drug-likeness (QED) is 0.328. The fourth-order valence-corrected chi connectivity index (χ4v) is 3.28. The highest BCUT2D eigenvalue weighted by molar-refractivity contribution is 5.80. The molecular formula is C25H27N5O5. The summed E-state index contributed by atoms with van der Waals surface area (Å²) in [5.41, 5.74) is 1.44. The van der Waals surface area contributed by atoms with Crippen LogP contribution in [0.25, 0.3) is 17.0 Å². The second kappa shape index (κ2) is 11.2. The molecule has 10 heteroatoms. The van der Waals surface area contributed by atoms with Gasteiger partial charge in [0.2, 0.25) is 5.88 Å². The molecular weight excluding hydrogens is 450 g/mol. The number of hydrogen-bond acceptors (Lipinski definition) is 8. The molecule has 1 atom stereocenters. The third-order valence-corrected chi connectivity index (χ3v) is 5.05. The van der Waals surface area contributed by atoms with Crippen molar-refractivity contribution in [2.45, 2.75) is 20.0 Å². The minimum absolute atomic E-state index is 0.236. The number of benzene rings is 2. The molecule has 2 heterocycles. The van der Waals surface area contributed by atoms with Gasteiger partial charge < -0.3 is 24.3 Å². The van der Waals surface area contributed by atoms with Crippen molar-refractivity contribution in [2.24, 2.45) is 0 Å². The lowest BCUT2D eigenvalue weighted by molar-refractivity contribution is -0.127. The van der Waals surface area contributed by atoms with Crippen LogP contribution in [0.5, 0.6) is 23.1 Å². The Kier molecular flexibility index (Phi) is 7.61. The Bertz CT molecular complexity index is 1260. The zero-order chi connectivity index (χ0) is 24.6. The topological polar surface area (TPSA) is 109 Å². The van der Waals surface area contributed by atoms with Crippen molar-refractivity contribution < 1.29 is 23.7 Å². The molecule has 0 aliphatic rings. The molecule has 0 aliphatic carbocycles. The first-order chi connectivity index (χ1) is 17.1. The Morgan fingerprint density at radius 3 is 2.37 bits per heavy atom. The van der Waals surface area contributed by atoms with Crippen LogP contribution < -0.4 is 24.3 Å². The summed E-state index contributed by atoms with van der Waals surface area (Å²) in [6.45, 7) is 4.73. The van der Waals surface area contributed by atoms with Gasteiger partial charge in [0, 0.05) is 11.6 Å². The van der Waals surface area contributed by atoms with E-state index in [-0.39, 0.29) is 12.5 Å². The first kappa shape index (κ1) is 23.8. The molecule has 4 rings (SSSR count). The molecule has 35 heavy (non-hydrogen) atoms. The van der Waals surface area contributed by atoms with Crippen LogP contribution in [0.1, 0.15) is 13.8 Å². The van der Waals surface area contributed by atoms with Crippen LogP contribution in [0.15, 0.2) is 60.7 Å². The molecule has 1 N–H and O–H groups in total. The van der Waals surface area contributed by atoms with Gasteiger partial charge in [-0.1, -0.05) is 0 Å². The normalized spacial score (nSPS) is 11.6. The third-order valence-electron chi connectivity index (χ3n) is 5.05. The van der Waals surface area contributed by atoms with Gasteiger partial charge in [-0.25, -0.2) is 0 Å². The zero-order valence-electron chi connectivity index (χ0n) is 19.8. The fourth-order valence-electron chi connectivity index (χ4n) is 3.28. The van der Waals surface area contributed by atoms with Gasteiger partial charge in [-0.15, -0.1) is 15.3 Å². The lowest BCUT2D eigenvalue weighted by Crippen LogP contribution is -2.38. The number of rotatable bonds is 11. The molecule has 0 radical (unpaired) electrons. The summed E-state index contributed by atoms with van der Waals surface area (Å²) in [6.07, 6.45) is -0.661. The molecule has 10 nitrogen and oxygen atoms in total. The van der Waals surface area contributed by atoms with E-state index >= 15 is 0 Å². The van der Waals surface area contributed by atoms with Gasteiger partial charge in [-0.2, -0.15) is 4.52 Å². The number of ether oxygens (including phenoxy) is 4. The molecule has 1 unspecified atom stereocenters. The summed E-state index contributed by atoms with van der Waals surface area (Å²) in [7, 11) is 1.62. The van der Waals surface area contributed by atoms with Gasteiger partial charge in [0.1, 0.15) is 23.9 Å². The number of fused-ring (bicyclic) bond motifs is 1. The zero-order valence-corrected chi connectivity index (χ0v) is 19.8. The van der Waals surface area contributed by atoms with Gasteiger partial charge in [-0.3, -0.25) is 4.79 Å². The molecule has 1 amide bonds. The molecule has 0 aliphatic heterocycles. The summed E-state index contributed by atoms with van der Waals surface area (Å²) in [5.74, 6) is 2.82. The van der Waals surface area contributed by atoms with E-state index in [1.54, 1.807) is 54.9 Å². The van der Waals surface area contributed by atoms with Crippen LogP contribution in [-0.2, 0) is 4.79 Å². The highest BCUT2D eigenvalue weighted by atomic mass is 16.5. The molecule has 2 aromatic heterocycles. The first-order valence-corrected chi connectivity index (χ1v) is 11.2. The number of nitrogens with zero attached hydrogens (tertiary/aromatic N) is 4. The van der Waals surface area contributed by atoms with Crippen LogP contribution >= 0.6 is 0 Å². The van der Waals surface area contributed by atoms with Gasteiger partial charge in [0.25, 0.3) is 5.91 Å². The number of carbonyl (C=O) groups excluding carboxylic acids is 1. The summed E-state index contributed by atoms with van der Waals surface area (Å²) in [6, 6.07) is 18.1. The van der Waals surface area contributed by atoms with Crippen molar-refractivity contribution in [3.63, 3.8) is 0 Å². The van der Waals surface area contributed by atoms with Gasteiger partial charge in [-0.05, 0) is 68.4 Å². The Morgan fingerprint density at radius 1 is 0.943 bits per heavy atom. The molecule has 2 aromatic carbocycles. The first-order valence-electron chi connectivity index (χ1n) is 11.2. The molecule has 182 valence electrons. The number of hydrogen-bond donors (Lipinski definition) is 1. The van der Waals surface area contributed by atoms with E-state index in [4.69, 9.17) is 18.9 Å². The van der Waals surface area contributed by atoms with E-state index in [9.17, 15) is 4.79 Å². The summed E-state index contributed by atoms with van der Waals surface area (Å²) < 4.78 is 23.6. The van der Waals surface area contributed by atoms with Crippen LogP contribution in [0, 0.1) is 0 Å². The third kappa shape index (κ3) is 5.97. The Hall–Kier alpha value is -4.34. The maximum absolute atomic E-state index is 12.4. The van der Waals surface area contributed by atoms with Crippen molar-refractivity contribution in [3.8, 4) is 34.5 Å². The van der Waals surface area contributed by atoms with Crippen LogP contribution in [-0.4, -0.2) is 58.7 Å². The highest BCUT2D eigenvalue weighted by Gasteiger charge is 2.15. The van der Waals surface area contributed by atoms with Crippen molar-refractivity contribution in [1.29, 1.82) is 0 Å². The lowest BCUT2D eigenvalue weighted by Gasteiger charge is -2.15. The minimum Gasteiger partial charge on any atom is -0.497 e. The van der Waals surface area contributed by atoms with E-state index < -0.39 is 6.10 Å². The SMILES string of the molecule is CCOc1ccc(OC(C)C(=O)NCCOc2ccc3nnc(-c4ccc(OC)cc4)n3n2)cc1. The van der Waals surface area contributed by atoms with Crippen LogP contribution in [0.4, 0.5) is 0 Å². The lowest BCUT2D eigenvalue weighted by atomic mass is 10.2. The average molecular weight is 478 g/mol. The van der Waals surface area contributed by atoms with E-state index in [2.05, 4.69) is 20.6 Å². The molecule has 4 aromatic rings. The predicted octanol–water partition coefficient (Wildman–Crippen LogP) is 3.16.